The molecule has 1 fully saturated rings. The van der Waals surface area contributed by atoms with Crippen LogP contribution >= 0.6 is 0 Å². The quantitative estimate of drug-likeness (QED) is 0.177. The van der Waals surface area contributed by atoms with E-state index in [-0.39, 0.29) is 0 Å². The van der Waals surface area contributed by atoms with Crippen molar-refractivity contribution in [2.75, 3.05) is 0 Å². The number of hydrogen-bond donors (Lipinski definition) is 0. The molecule has 2 atom stereocenters. The molecule has 156 valence electrons. The Labute approximate surface area is 184 Å². The van der Waals surface area contributed by atoms with Crippen LogP contribution in [0.5, 0.6) is 0 Å². The molecule has 2 nitrogen and oxygen atoms in total. The Kier molecular flexibility index (Phi) is 5.55. The molecule has 0 aliphatic heterocycles. The lowest BCUT2D eigenvalue weighted by Gasteiger charge is -2.26. The SMILES string of the molecule is C/C=C\C[C@H](CC)C(/C=C\C1CC1)c1c2ccccc2nc2c1ccc1cccnc12. The highest BCUT2D eigenvalue weighted by molar-refractivity contribution is 6.09. The fourth-order valence-electron chi connectivity index (χ4n) is 4.82. The Morgan fingerprint density at radius 2 is 1.87 bits per heavy atom. The van der Waals surface area contributed by atoms with Gasteiger partial charge in [-0.3, -0.25) is 4.98 Å². The molecule has 2 aromatic heterocycles. The van der Waals surface area contributed by atoms with E-state index < -0.39 is 0 Å². The molecule has 31 heavy (non-hydrogen) atoms. The summed E-state index contributed by atoms with van der Waals surface area (Å²) < 4.78 is 0. The number of pyridine rings is 2. The summed E-state index contributed by atoms with van der Waals surface area (Å²) in [6.45, 7) is 4.45. The van der Waals surface area contributed by atoms with Gasteiger partial charge in [0.25, 0.3) is 0 Å². The molecule has 2 aromatic carbocycles. The summed E-state index contributed by atoms with van der Waals surface area (Å²) >= 11 is 0. The third kappa shape index (κ3) is 3.87. The van der Waals surface area contributed by atoms with E-state index in [9.17, 15) is 0 Å². The van der Waals surface area contributed by atoms with Gasteiger partial charge in [-0.15, -0.1) is 0 Å². The third-order valence-corrected chi connectivity index (χ3v) is 6.72. The van der Waals surface area contributed by atoms with Gasteiger partial charge in [0, 0.05) is 28.3 Å². The van der Waals surface area contributed by atoms with E-state index in [0.717, 1.165) is 40.7 Å². The van der Waals surface area contributed by atoms with Crippen LogP contribution in [0.4, 0.5) is 0 Å². The van der Waals surface area contributed by atoms with Crippen molar-refractivity contribution in [2.45, 2.75) is 45.4 Å². The molecule has 2 heteroatoms. The largest absolute Gasteiger partial charge is 0.254 e. The molecule has 1 aliphatic carbocycles. The average Bonchev–Trinajstić information content (AvgIpc) is 3.64. The van der Waals surface area contributed by atoms with Crippen LogP contribution in [0.25, 0.3) is 32.7 Å². The first-order chi connectivity index (χ1) is 15.3. The van der Waals surface area contributed by atoms with Gasteiger partial charge in [0.15, 0.2) is 0 Å². The zero-order valence-electron chi connectivity index (χ0n) is 18.5. The van der Waals surface area contributed by atoms with Crippen molar-refractivity contribution in [3.63, 3.8) is 0 Å². The van der Waals surface area contributed by atoms with E-state index in [0.29, 0.717) is 11.8 Å². The molecular weight excluding hydrogens is 376 g/mol. The first kappa shape index (κ1) is 19.9. The predicted octanol–water partition coefficient (Wildman–Crippen LogP) is 7.98. The van der Waals surface area contributed by atoms with Crippen molar-refractivity contribution in [1.29, 1.82) is 0 Å². The fourth-order valence-corrected chi connectivity index (χ4v) is 4.82. The van der Waals surface area contributed by atoms with Crippen LogP contribution in [-0.2, 0) is 0 Å². The topological polar surface area (TPSA) is 25.8 Å². The van der Waals surface area contributed by atoms with Crippen LogP contribution in [0.2, 0.25) is 0 Å². The smallest absolute Gasteiger partial charge is 0.0975 e. The maximum absolute atomic E-state index is 5.10. The van der Waals surface area contributed by atoms with Crippen molar-refractivity contribution in [3.8, 4) is 0 Å². The van der Waals surface area contributed by atoms with E-state index >= 15 is 0 Å². The van der Waals surface area contributed by atoms with Gasteiger partial charge in [0.05, 0.1) is 16.6 Å². The van der Waals surface area contributed by atoms with Crippen LogP contribution in [0.1, 0.15) is 51.0 Å². The van der Waals surface area contributed by atoms with Crippen molar-refractivity contribution in [1.82, 2.24) is 9.97 Å². The van der Waals surface area contributed by atoms with Gasteiger partial charge in [0.2, 0.25) is 0 Å². The third-order valence-electron chi connectivity index (χ3n) is 6.72. The second-order valence-corrected chi connectivity index (χ2v) is 8.80. The summed E-state index contributed by atoms with van der Waals surface area (Å²) in [5.74, 6) is 1.68. The van der Waals surface area contributed by atoms with Crippen LogP contribution in [0.15, 0.2) is 79.0 Å². The molecule has 0 N–H and O–H groups in total. The minimum Gasteiger partial charge on any atom is -0.254 e. The van der Waals surface area contributed by atoms with E-state index in [1.165, 1.54) is 29.2 Å². The number of allylic oxidation sites excluding steroid dienone is 4. The summed E-state index contributed by atoms with van der Waals surface area (Å²) in [6, 6.07) is 17.2. The summed E-state index contributed by atoms with van der Waals surface area (Å²) in [5, 5.41) is 3.67. The maximum atomic E-state index is 5.10. The van der Waals surface area contributed by atoms with Crippen LogP contribution in [0, 0.1) is 11.8 Å². The number of benzene rings is 2. The normalized spacial score (nSPS) is 16.7. The minimum absolute atomic E-state index is 0.360. The van der Waals surface area contributed by atoms with Crippen molar-refractivity contribution in [2.24, 2.45) is 11.8 Å². The molecule has 4 aromatic rings. The average molecular weight is 407 g/mol. The molecule has 1 saturated carbocycles. The Morgan fingerprint density at radius 3 is 2.68 bits per heavy atom. The van der Waals surface area contributed by atoms with Gasteiger partial charge in [-0.05, 0) is 55.7 Å². The highest BCUT2D eigenvalue weighted by Crippen LogP contribution is 2.42. The van der Waals surface area contributed by atoms with Gasteiger partial charge in [-0.25, -0.2) is 4.98 Å². The lowest BCUT2D eigenvalue weighted by molar-refractivity contribution is 0.469. The Balaban J connectivity index is 1.82. The molecule has 0 spiro atoms. The predicted molar refractivity (Wildman–Crippen MR) is 132 cm³/mol. The minimum atomic E-state index is 0.360. The molecule has 0 radical (unpaired) electrons. The number of aromatic nitrogens is 2. The summed E-state index contributed by atoms with van der Waals surface area (Å²) in [6.07, 6.45) is 16.3. The number of rotatable bonds is 7. The number of nitrogens with zero attached hydrogens (tertiary/aromatic N) is 2. The zero-order valence-corrected chi connectivity index (χ0v) is 18.5. The number of para-hydroxylation sites is 1. The van der Waals surface area contributed by atoms with Crippen molar-refractivity contribution >= 4 is 32.7 Å². The van der Waals surface area contributed by atoms with E-state index in [2.05, 4.69) is 80.6 Å². The zero-order chi connectivity index (χ0) is 21.2. The highest BCUT2D eigenvalue weighted by atomic mass is 14.7. The standard InChI is InChI=1S/C29H30N2/c1-3-5-9-21(4-2)23(17-15-20-13-14-20)27-24-11-6-7-12-26(24)31-29-25(27)18-16-22-10-8-19-30-28(22)29/h3,5-8,10-12,15-21,23H,4,9,13-14H2,1-2H3/b5-3-,17-15-/t21-,23?/m0/s1. The summed E-state index contributed by atoms with van der Waals surface area (Å²) in [4.78, 5) is 9.83. The van der Waals surface area contributed by atoms with E-state index in [1.54, 1.807) is 0 Å². The van der Waals surface area contributed by atoms with Gasteiger partial charge < -0.3 is 0 Å². The van der Waals surface area contributed by atoms with Crippen molar-refractivity contribution in [3.05, 3.63) is 84.6 Å². The van der Waals surface area contributed by atoms with Crippen LogP contribution < -0.4 is 0 Å². The molecule has 2 heterocycles. The van der Waals surface area contributed by atoms with Crippen LogP contribution in [0.3, 0.4) is 0 Å². The maximum Gasteiger partial charge on any atom is 0.0975 e. The Hall–Kier alpha value is -3.00. The molecule has 0 bridgehead atoms. The van der Waals surface area contributed by atoms with E-state index in [4.69, 9.17) is 9.97 Å². The molecule has 0 amide bonds. The van der Waals surface area contributed by atoms with Gasteiger partial charge in [0.1, 0.15) is 0 Å². The summed E-state index contributed by atoms with van der Waals surface area (Å²) in [7, 11) is 0. The second-order valence-electron chi connectivity index (χ2n) is 8.80. The van der Waals surface area contributed by atoms with Gasteiger partial charge in [-0.1, -0.05) is 74.0 Å². The molecule has 1 unspecified atom stereocenters. The van der Waals surface area contributed by atoms with E-state index in [1.807, 2.05) is 12.3 Å². The Morgan fingerprint density at radius 1 is 1.00 bits per heavy atom. The second kappa shape index (κ2) is 8.63. The van der Waals surface area contributed by atoms with Gasteiger partial charge >= 0.3 is 0 Å². The molecule has 5 rings (SSSR count). The summed E-state index contributed by atoms with van der Waals surface area (Å²) in [5.41, 5.74) is 4.51. The number of hydrogen-bond acceptors (Lipinski definition) is 2. The highest BCUT2D eigenvalue weighted by Gasteiger charge is 2.26. The first-order valence-electron chi connectivity index (χ1n) is 11.7. The fraction of sp³-hybridized carbons (Fsp3) is 0.310. The molecule has 0 saturated heterocycles. The van der Waals surface area contributed by atoms with Crippen LogP contribution in [-0.4, -0.2) is 9.97 Å². The number of fused-ring (bicyclic) bond motifs is 4. The Bertz CT molecular complexity index is 1280. The lowest BCUT2D eigenvalue weighted by atomic mass is 9.78. The monoisotopic (exact) mass is 406 g/mol. The first-order valence-corrected chi connectivity index (χ1v) is 11.7. The van der Waals surface area contributed by atoms with Crippen molar-refractivity contribution < 1.29 is 0 Å². The van der Waals surface area contributed by atoms with Gasteiger partial charge in [-0.2, -0.15) is 0 Å². The lowest BCUT2D eigenvalue weighted by Crippen LogP contribution is -2.12. The molecule has 1 aliphatic rings. The molecular formula is C29H30N2.